The second-order valence-electron chi connectivity index (χ2n) is 4.64. The van der Waals surface area contributed by atoms with Crippen molar-refractivity contribution in [3.8, 4) is 11.3 Å². The molecule has 0 saturated heterocycles. The molecule has 0 atom stereocenters. The summed E-state index contributed by atoms with van der Waals surface area (Å²) in [5, 5.41) is 3.83. The van der Waals surface area contributed by atoms with Crippen LogP contribution in [0.15, 0.2) is 58.4 Å². The Labute approximate surface area is 136 Å². The molecule has 5 nitrogen and oxygen atoms in total. The molecule has 8 heteroatoms. The van der Waals surface area contributed by atoms with Crippen LogP contribution in [0.5, 0.6) is 0 Å². The fourth-order valence-corrected chi connectivity index (χ4v) is 3.63. The van der Waals surface area contributed by atoms with Crippen molar-refractivity contribution >= 4 is 21.4 Å². The lowest BCUT2D eigenvalue weighted by Gasteiger charge is -2.09. The molecule has 2 heterocycles. The van der Waals surface area contributed by atoms with Crippen molar-refractivity contribution in [2.75, 3.05) is 0 Å². The first-order valence-corrected chi connectivity index (χ1v) is 9.06. The van der Waals surface area contributed by atoms with Crippen LogP contribution in [-0.4, -0.2) is 18.4 Å². The number of sulfonamides is 1. The van der Waals surface area contributed by atoms with Gasteiger partial charge >= 0.3 is 0 Å². The van der Waals surface area contributed by atoms with Gasteiger partial charge < -0.3 is 0 Å². The Balaban J connectivity index is 1.82. The Bertz CT molecular complexity index is 895. The Hall–Kier alpha value is -2.16. The van der Waals surface area contributed by atoms with E-state index in [9.17, 15) is 12.8 Å². The van der Waals surface area contributed by atoms with Crippen LogP contribution in [0.3, 0.4) is 0 Å². The summed E-state index contributed by atoms with van der Waals surface area (Å²) >= 11 is 1.52. The third-order valence-electron chi connectivity index (χ3n) is 3.12. The van der Waals surface area contributed by atoms with E-state index in [4.69, 9.17) is 0 Å². The molecule has 3 rings (SSSR count). The predicted octanol–water partition coefficient (Wildman–Crippen LogP) is 2.82. The Morgan fingerprint density at radius 1 is 1.09 bits per heavy atom. The highest BCUT2D eigenvalue weighted by molar-refractivity contribution is 7.89. The molecule has 0 amide bonds. The molecule has 0 fully saturated rings. The smallest absolute Gasteiger partial charge is 0.240 e. The number of nitrogens with one attached hydrogen (secondary N) is 1. The Morgan fingerprint density at radius 2 is 1.83 bits per heavy atom. The summed E-state index contributed by atoms with van der Waals surface area (Å²) in [6.07, 6.45) is 3.07. The molecule has 118 valence electrons. The highest BCUT2D eigenvalue weighted by atomic mass is 32.2. The number of rotatable bonds is 5. The van der Waals surface area contributed by atoms with Crippen LogP contribution in [0.2, 0.25) is 0 Å². The molecule has 1 aromatic carbocycles. The van der Waals surface area contributed by atoms with Gasteiger partial charge in [0.1, 0.15) is 5.82 Å². The van der Waals surface area contributed by atoms with Gasteiger partial charge in [-0.15, -0.1) is 0 Å². The molecule has 2 aromatic heterocycles. The van der Waals surface area contributed by atoms with Gasteiger partial charge in [-0.3, -0.25) is 9.97 Å². The summed E-state index contributed by atoms with van der Waals surface area (Å²) in [5.41, 5.74) is 2.05. The van der Waals surface area contributed by atoms with E-state index in [1.807, 2.05) is 16.8 Å². The molecule has 0 unspecified atom stereocenters. The normalized spacial score (nSPS) is 11.5. The standard InChI is InChI=1S/C15H12FN3O2S2/c16-12-1-3-13(4-2-12)23(20,21)19-9-14-15(18-7-6-17-14)11-5-8-22-10-11/h1-8,10,19H,9H2. The summed E-state index contributed by atoms with van der Waals surface area (Å²) in [6, 6.07) is 6.54. The maximum atomic E-state index is 12.9. The maximum Gasteiger partial charge on any atom is 0.240 e. The molecule has 0 aliphatic carbocycles. The van der Waals surface area contributed by atoms with Crippen LogP contribution < -0.4 is 4.72 Å². The highest BCUT2D eigenvalue weighted by Gasteiger charge is 2.16. The first kappa shape index (κ1) is 15.7. The molecular formula is C15H12FN3O2S2. The minimum absolute atomic E-state index is 0.000117. The summed E-state index contributed by atoms with van der Waals surface area (Å²) in [7, 11) is -3.74. The van der Waals surface area contributed by atoms with Gasteiger partial charge in [-0.25, -0.2) is 17.5 Å². The van der Waals surface area contributed by atoms with E-state index in [0.29, 0.717) is 11.4 Å². The number of halogens is 1. The average Bonchev–Trinajstić information content (AvgIpc) is 3.08. The minimum Gasteiger partial charge on any atom is -0.256 e. The Morgan fingerprint density at radius 3 is 2.52 bits per heavy atom. The highest BCUT2D eigenvalue weighted by Crippen LogP contribution is 2.22. The number of benzene rings is 1. The van der Waals surface area contributed by atoms with Gasteiger partial charge in [0.05, 0.1) is 22.8 Å². The second-order valence-corrected chi connectivity index (χ2v) is 7.19. The van der Waals surface area contributed by atoms with Crippen molar-refractivity contribution in [3.05, 3.63) is 65.0 Å². The number of nitrogens with zero attached hydrogens (tertiary/aromatic N) is 2. The summed E-state index contributed by atoms with van der Waals surface area (Å²) < 4.78 is 39.8. The first-order valence-electron chi connectivity index (χ1n) is 6.64. The second kappa shape index (κ2) is 6.53. The van der Waals surface area contributed by atoms with Crippen molar-refractivity contribution in [2.24, 2.45) is 0 Å². The van der Waals surface area contributed by atoms with Crippen molar-refractivity contribution in [2.45, 2.75) is 11.4 Å². The lowest BCUT2D eigenvalue weighted by Crippen LogP contribution is -2.24. The summed E-state index contributed by atoms with van der Waals surface area (Å²) in [5.74, 6) is -0.488. The van der Waals surface area contributed by atoms with Crippen LogP contribution >= 0.6 is 11.3 Å². The van der Waals surface area contributed by atoms with E-state index < -0.39 is 15.8 Å². The van der Waals surface area contributed by atoms with E-state index >= 15 is 0 Å². The number of aromatic nitrogens is 2. The molecule has 23 heavy (non-hydrogen) atoms. The van der Waals surface area contributed by atoms with Crippen LogP contribution in [0.4, 0.5) is 4.39 Å². The van der Waals surface area contributed by atoms with Crippen LogP contribution in [0.1, 0.15) is 5.69 Å². The molecule has 1 N–H and O–H groups in total. The third kappa shape index (κ3) is 3.61. The van der Waals surface area contributed by atoms with Gasteiger partial charge in [0.25, 0.3) is 0 Å². The van der Waals surface area contributed by atoms with Crippen LogP contribution in [-0.2, 0) is 16.6 Å². The molecule has 0 aliphatic rings. The number of thiophene rings is 1. The quantitative estimate of drug-likeness (QED) is 0.769. The van der Waals surface area contributed by atoms with E-state index in [-0.39, 0.29) is 11.4 Å². The fraction of sp³-hybridized carbons (Fsp3) is 0.0667. The molecule has 0 bridgehead atoms. The van der Waals surface area contributed by atoms with Gasteiger partial charge in [-0.05, 0) is 35.7 Å². The predicted molar refractivity (Wildman–Crippen MR) is 85.8 cm³/mol. The monoisotopic (exact) mass is 349 g/mol. The van der Waals surface area contributed by atoms with E-state index in [1.165, 1.54) is 29.7 Å². The lowest BCUT2D eigenvalue weighted by atomic mass is 10.2. The maximum absolute atomic E-state index is 12.9. The largest absolute Gasteiger partial charge is 0.256 e. The van der Waals surface area contributed by atoms with Crippen molar-refractivity contribution in [1.82, 2.24) is 14.7 Å². The third-order valence-corrected chi connectivity index (χ3v) is 5.22. The lowest BCUT2D eigenvalue weighted by molar-refractivity contribution is 0.579. The average molecular weight is 349 g/mol. The van der Waals surface area contributed by atoms with Gasteiger partial charge in [0.2, 0.25) is 10.0 Å². The first-order chi connectivity index (χ1) is 11.1. The number of hydrogen-bond acceptors (Lipinski definition) is 5. The van der Waals surface area contributed by atoms with Crippen molar-refractivity contribution in [1.29, 1.82) is 0 Å². The van der Waals surface area contributed by atoms with Gasteiger partial charge in [-0.1, -0.05) is 0 Å². The SMILES string of the molecule is O=S(=O)(NCc1nccnc1-c1ccsc1)c1ccc(F)cc1. The van der Waals surface area contributed by atoms with Crippen molar-refractivity contribution < 1.29 is 12.8 Å². The van der Waals surface area contributed by atoms with E-state index in [0.717, 1.165) is 17.7 Å². The van der Waals surface area contributed by atoms with Crippen LogP contribution in [0, 0.1) is 5.82 Å². The van der Waals surface area contributed by atoms with Crippen LogP contribution in [0.25, 0.3) is 11.3 Å². The molecule has 3 aromatic rings. The van der Waals surface area contributed by atoms with E-state index in [1.54, 1.807) is 6.20 Å². The molecule has 0 spiro atoms. The molecular weight excluding hydrogens is 337 g/mol. The molecule has 0 saturated carbocycles. The molecule has 0 aliphatic heterocycles. The fourth-order valence-electron chi connectivity index (χ4n) is 2.00. The van der Waals surface area contributed by atoms with Gasteiger partial charge in [-0.2, -0.15) is 11.3 Å². The van der Waals surface area contributed by atoms with Gasteiger partial charge in [0.15, 0.2) is 0 Å². The zero-order chi connectivity index (χ0) is 16.3. The summed E-state index contributed by atoms with van der Waals surface area (Å²) in [4.78, 5) is 8.47. The Kier molecular flexibility index (Phi) is 4.46. The topological polar surface area (TPSA) is 72.0 Å². The minimum atomic E-state index is -3.74. The van der Waals surface area contributed by atoms with E-state index in [2.05, 4.69) is 14.7 Å². The molecule has 0 radical (unpaired) electrons. The van der Waals surface area contributed by atoms with Gasteiger partial charge in [0, 0.05) is 23.3 Å². The summed E-state index contributed by atoms with van der Waals surface area (Å²) in [6.45, 7) is -0.00126. The van der Waals surface area contributed by atoms with Crippen molar-refractivity contribution in [3.63, 3.8) is 0 Å². The number of hydrogen-bond donors (Lipinski definition) is 1. The zero-order valence-electron chi connectivity index (χ0n) is 11.8. The zero-order valence-corrected chi connectivity index (χ0v) is 13.4.